The van der Waals surface area contributed by atoms with Crippen molar-refractivity contribution >= 4 is 16.9 Å². The lowest BCUT2D eigenvalue weighted by molar-refractivity contribution is -0.151. The smallest absolute Gasteiger partial charge is 0.340 e. The van der Waals surface area contributed by atoms with Crippen LogP contribution in [0.3, 0.4) is 0 Å². The number of ether oxygens (including phenoxy) is 2. The van der Waals surface area contributed by atoms with Crippen LogP contribution >= 0.6 is 0 Å². The number of fused-ring (bicyclic) bond motifs is 1. The van der Waals surface area contributed by atoms with Crippen LogP contribution in [0.5, 0.6) is 5.75 Å². The van der Waals surface area contributed by atoms with Gasteiger partial charge in [0.05, 0.1) is 19.9 Å². The quantitative estimate of drug-likeness (QED) is 0.855. The zero-order valence-corrected chi connectivity index (χ0v) is 11.2. The molecule has 5 heteroatoms. The fourth-order valence-electron chi connectivity index (χ4n) is 2.21. The van der Waals surface area contributed by atoms with E-state index in [-0.39, 0.29) is 0 Å². The first kappa shape index (κ1) is 13.4. The molecule has 0 spiro atoms. The topological polar surface area (TPSA) is 60.7 Å². The van der Waals surface area contributed by atoms with E-state index in [4.69, 9.17) is 4.74 Å². The van der Waals surface area contributed by atoms with Crippen LogP contribution in [-0.4, -0.2) is 29.9 Å². The van der Waals surface area contributed by atoms with Crippen molar-refractivity contribution in [3.8, 4) is 5.75 Å². The second-order valence-electron chi connectivity index (χ2n) is 4.16. The molecule has 0 bridgehead atoms. The van der Waals surface area contributed by atoms with E-state index in [1.54, 1.807) is 13.2 Å². The molecule has 0 fully saturated rings. The monoisotopic (exact) mass is 263 g/mol. The van der Waals surface area contributed by atoms with E-state index in [1.165, 1.54) is 7.11 Å². The van der Waals surface area contributed by atoms with E-state index >= 15 is 0 Å². The minimum absolute atomic E-state index is 0.526. The number of benzene rings is 1. The van der Waals surface area contributed by atoms with Gasteiger partial charge in [-0.3, -0.25) is 0 Å². The maximum Gasteiger partial charge on any atom is 0.340 e. The summed E-state index contributed by atoms with van der Waals surface area (Å²) >= 11 is 0. The molecule has 102 valence electrons. The molecule has 19 heavy (non-hydrogen) atoms. The number of esters is 1. The third-order valence-electron chi connectivity index (χ3n) is 3.16. The summed E-state index contributed by atoms with van der Waals surface area (Å²) < 4.78 is 11.6. The Labute approximate surface area is 111 Å². The molecule has 1 unspecified atom stereocenters. The van der Waals surface area contributed by atoms with Crippen LogP contribution in [0.4, 0.5) is 0 Å². The van der Waals surface area contributed by atoms with E-state index in [1.807, 2.05) is 29.7 Å². The summed E-state index contributed by atoms with van der Waals surface area (Å²) in [4.78, 5) is 11.5. The molecular weight excluding hydrogens is 246 g/mol. The van der Waals surface area contributed by atoms with E-state index in [2.05, 4.69) is 4.74 Å². The minimum atomic E-state index is -1.27. The molecule has 1 N–H and O–H groups in total. The molecule has 1 atom stereocenters. The first-order chi connectivity index (χ1) is 9.12. The number of hydrogen-bond acceptors (Lipinski definition) is 4. The van der Waals surface area contributed by atoms with Gasteiger partial charge >= 0.3 is 5.97 Å². The van der Waals surface area contributed by atoms with E-state index < -0.39 is 12.1 Å². The Morgan fingerprint density at radius 1 is 1.37 bits per heavy atom. The van der Waals surface area contributed by atoms with E-state index in [0.717, 1.165) is 16.7 Å². The van der Waals surface area contributed by atoms with Gasteiger partial charge in [-0.15, -0.1) is 0 Å². The summed E-state index contributed by atoms with van der Waals surface area (Å²) in [5.41, 5.74) is 1.47. The van der Waals surface area contributed by atoms with Gasteiger partial charge in [-0.1, -0.05) is 0 Å². The number of hydrogen-bond donors (Lipinski definition) is 1. The van der Waals surface area contributed by atoms with Gasteiger partial charge in [0.1, 0.15) is 5.75 Å². The van der Waals surface area contributed by atoms with Gasteiger partial charge in [-0.2, -0.15) is 0 Å². The molecule has 0 radical (unpaired) electrons. The molecule has 0 aliphatic rings. The number of aromatic nitrogens is 1. The van der Waals surface area contributed by atoms with Crippen LogP contribution in [0.1, 0.15) is 18.7 Å². The highest BCUT2D eigenvalue weighted by atomic mass is 16.5. The average Bonchev–Trinajstić information content (AvgIpc) is 2.82. The largest absolute Gasteiger partial charge is 0.497 e. The lowest BCUT2D eigenvalue weighted by Crippen LogP contribution is -2.17. The van der Waals surface area contributed by atoms with E-state index in [0.29, 0.717) is 12.2 Å². The number of aliphatic hydroxyl groups excluding tert-OH is 1. The summed E-state index contributed by atoms with van der Waals surface area (Å²) in [6.07, 6.45) is -1.27. The Kier molecular flexibility index (Phi) is 3.76. The zero-order valence-electron chi connectivity index (χ0n) is 11.2. The number of carbonyl (C=O) groups is 1. The number of carbonyl (C=O) groups excluding carboxylic acids is 1. The van der Waals surface area contributed by atoms with Crippen molar-refractivity contribution in [2.24, 2.45) is 0 Å². The lowest BCUT2D eigenvalue weighted by atomic mass is 10.2. The predicted octanol–water partition coefficient (Wildman–Crippen LogP) is 1.88. The van der Waals surface area contributed by atoms with Crippen LogP contribution < -0.4 is 4.74 Å². The highest BCUT2D eigenvalue weighted by molar-refractivity contribution is 5.85. The second-order valence-corrected chi connectivity index (χ2v) is 4.16. The standard InChI is InChI=1S/C14H17NO4/c1-4-15-11-6-5-10(18-2)7-9(11)8-12(15)13(16)14(17)19-3/h5-8,13,16H,4H2,1-3H3. The number of aliphatic hydroxyl groups is 1. The van der Waals surface area contributed by atoms with Crippen molar-refractivity contribution in [3.05, 3.63) is 30.0 Å². The van der Waals surface area contributed by atoms with Crippen molar-refractivity contribution in [1.29, 1.82) is 0 Å². The fraction of sp³-hybridized carbons (Fsp3) is 0.357. The predicted molar refractivity (Wildman–Crippen MR) is 71.1 cm³/mol. The van der Waals surface area contributed by atoms with Gasteiger partial charge in [0.2, 0.25) is 0 Å². The molecule has 1 aromatic heterocycles. The van der Waals surface area contributed by atoms with E-state index in [9.17, 15) is 9.90 Å². The maximum absolute atomic E-state index is 11.5. The van der Waals surface area contributed by atoms with Gasteiger partial charge in [-0.25, -0.2) is 4.79 Å². The normalized spacial score (nSPS) is 12.4. The van der Waals surface area contributed by atoms with Crippen LogP contribution in [0, 0.1) is 0 Å². The molecular formula is C14H17NO4. The highest BCUT2D eigenvalue weighted by Crippen LogP contribution is 2.28. The zero-order chi connectivity index (χ0) is 14.0. The molecule has 2 rings (SSSR count). The highest BCUT2D eigenvalue weighted by Gasteiger charge is 2.23. The average molecular weight is 263 g/mol. The first-order valence-electron chi connectivity index (χ1n) is 6.05. The minimum Gasteiger partial charge on any atom is -0.497 e. The first-order valence-corrected chi connectivity index (χ1v) is 6.05. The molecule has 0 aliphatic carbocycles. The molecule has 5 nitrogen and oxygen atoms in total. The van der Waals surface area contributed by atoms with Gasteiger partial charge in [-0.05, 0) is 31.2 Å². The summed E-state index contributed by atoms with van der Waals surface area (Å²) in [7, 11) is 2.86. The fourth-order valence-corrected chi connectivity index (χ4v) is 2.21. The van der Waals surface area contributed by atoms with Gasteiger partial charge < -0.3 is 19.1 Å². The number of rotatable bonds is 4. The summed E-state index contributed by atoms with van der Waals surface area (Å²) in [6.45, 7) is 2.61. The third kappa shape index (κ3) is 2.29. The summed E-state index contributed by atoms with van der Waals surface area (Å²) in [5.74, 6) is 0.0735. The second kappa shape index (κ2) is 5.32. The Balaban J connectivity index is 2.57. The summed E-state index contributed by atoms with van der Waals surface area (Å²) in [6, 6.07) is 7.41. The molecule has 2 aromatic rings. The maximum atomic E-state index is 11.5. The SMILES string of the molecule is CCn1c(C(O)C(=O)OC)cc2cc(OC)ccc21. The summed E-state index contributed by atoms with van der Waals surface area (Å²) in [5, 5.41) is 10.9. The molecule has 0 saturated heterocycles. The van der Waals surface area contributed by atoms with Crippen LogP contribution in [0.2, 0.25) is 0 Å². The number of methoxy groups -OCH3 is 2. The third-order valence-corrected chi connectivity index (χ3v) is 3.16. The molecule has 1 heterocycles. The molecule has 1 aromatic carbocycles. The Bertz CT molecular complexity index is 603. The van der Waals surface area contributed by atoms with Crippen LogP contribution in [0.25, 0.3) is 10.9 Å². The van der Waals surface area contributed by atoms with Crippen LogP contribution in [0.15, 0.2) is 24.3 Å². The molecule has 0 saturated carbocycles. The Hall–Kier alpha value is -2.01. The van der Waals surface area contributed by atoms with Gasteiger partial charge in [0.25, 0.3) is 0 Å². The van der Waals surface area contributed by atoms with Crippen molar-refractivity contribution in [1.82, 2.24) is 4.57 Å². The van der Waals surface area contributed by atoms with Crippen LogP contribution in [-0.2, 0) is 16.1 Å². The Morgan fingerprint density at radius 2 is 2.11 bits per heavy atom. The van der Waals surface area contributed by atoms with Crippen molar-refractivity contribution in [3.63, 3.8) is 0 Å². The van der Waals surface area contributed by atoms with Crippen molar-refractivity contribution in [2.45, 2.75) is 19.6 Å². The number of nitrogens with zero attached hydrogens (tertiary/aromatic N) is 1. The van der Waals surface area contributed by atoms with Crippen molar-refractivity contribution in [2.75, 3.05) is 14.2 Å². The van der Waals surface area contributed by atoms with Gasteiger partial charge in [0, 0.05) is 17.4 Å². The number of aryl methyl sites for hydroxylation is 1. The molecule has 0 amide bonds. The lowest BCUT2D eigenvalue weighted by Gasteiger charge is -2.12. The molecule has 0 aliphatic heterocycles. The van der Waals surface area contributed by atoms with Gasteiger partial charge in [0.15, 0.2) is 6.10 Å². The Morgan fingerprint density at radius 3 is 2.68 bits per heavy atom. The van der Waals surface area contributed by atoms with Crippen molar-refractivity contribution < 1.29 is 19.4 Å².